The average Bonchev–Trinajstić information content (AvgIpc) is 2.46. The third kappa shape index (κ3) is 4.73. The van der Waals surface area contributed by atoms with Crippen LogP contribution < -0.4 is 10.1 Å². The van der Waals surface area contributed by atoms with Gasteiger partial charge in [0.2, 0.25) is 0 Å². The van der Waals surface area contributed by atoms with E-state index < -0.39 is 6.10 Å². The standard InChI is InChI=1S/C19H22ClNO2/c1-5-18(23-16-9-12(2)8-13(3)10-16)19(22)21-17-7-6-15(20)11-14(17)4/h6-11,18H,5H2,1-4H3,(H,21,22). The fourth-order valence-corrected chi connectivity index (χ4v) is 2.69. The second kappa shape index (κ2) is 7.51. The molecule has 4 heteroatoms. The van der Waals surface area contributed by atoms with Crippen molar-refractivity contribution in [3.05, 3.63) is 58.1 Å². The predicted octanol–water partition coefficient (Wildman–Crippen LogP) is 5.06. The highest BCUT2D eigenvalue weighted by Gasteiger charge is 2.19. The number of carbonyl (C=O) groups is 1. The third-order valence-corrected chi connectivity index (χ3v) is 3.82. The monoisotopic (exact) mass is 331 g/mol. The molecule has 122 valence electrons. The largest absolute Gasteiger partial charge is 0.481 e. The van der Waals surface area contributed by atoms with Crippen molar-refractivity contribution < 1.29 is 9.53 Å². The van der Waals surface area contributed by atoms with E-state index in [1.54, 1.807) is 12.1 Å². The molecule has 0 saturated carbocycles. The summed E-state index contributed by atoms with van der Waals surface area (Å²) in [6.45, 7) is 7.87. The molecule has 1 amide bonds. The molecule has 0 saturated heterocycles. The SMILES string of the molecule is CCC(Oc1cc(C)cc(C)c1)C(=O)Nc1ccc(Cl)cc1C. The van der Waals surface area contributed by atoms with Crippen LogP contribution >= 0.6 is 11.6 Å². The number of rotatable bonds is 5. The van der Waals surface area contributed by atoms with E-state index in [2.05, 4.69) is 11.4 Å². The van der Waals surface area contributed by atoms with Crippen LogP contribution in [0.4, 0.5) is 5.69 Å². The van der Waals surface area contributed by atoms with Crippen LogP contribution in [0.15, 0.2) is 36.4 Å². The van der Waals surface area contributed by atoms with Crippen LogP contribution in [0.5, 0.6) is 5.75 Å². The van der Waals surface area contributed by atoms with Crippen LogP contribution in [0.3, 0.4) is 0 Å². The Hall–Kier alpha value is -2.00. The van der Waals surface area contributed by atoms with Gasteiger partial charge in [-0.3, -0.25) is 4.79 Å². The molecule has 0 aliphatic carbocycles. The lowest BCUT2D eigenvalue weighted by Crippen LogP contribution is -2.32. The molecule has 3 nitrogen and oxygen atoms in total. The van der Waals surface area contributed by atoms with E-state index in [0.29, 0.717) is 11.4 Å². The van der Waals surface area contributed by atoms with Crippen LogP contribution in [-0.2, 0) is 4.79 Å². The number of hydrogen-bond acceptors (Lipinski definition) is 2. The lowest BCUT2D eigenvalue weighted by atomic mass is 10.1. The Labute approximate surface area is 142 Å². The summed E-state index contributed by atoms with van der Waals surface area (Å²) in [6.07, 6.45) is 0.0529. The Kier molecular flexibility index (Phi) is 5.67. The van der Waals surface area contributed by atoms with Crippen molar-refractivity contribution >= 4 is 23.2 Å². The van der Waals surface area contributed by atoms with Gasteiger partial charge in [-0.15, -0.1) is 0 Å². The zero-order valence-corrected chi connectivity index (χ0v) is 14.7. The van der Waals surface area contributed by atoms with Crippen molar-refractivity contribution in [3.63, 3.8) is 0 Å². The summed E-state index contributed by atoms with van der Waals surface area (Å²) in [5, 5.41) is 3.57. The first-order valence-corrected chi connectivity index (χ1v) is 8.09. The van der Waals surface area contributed by atoms with Gasteiger partial charge in [-0.2, -0.15) is 0 Å². The number of amides is 1. The second-order valence-electron chi connectivity index (χ2n) is 5.79. The van der Waals surface area contributed by atoms with Crippen molar-refractivity contribution in [1.29, 1.82) is 0 Å². The molecule has 0 aromatic heterocycles. The minimum Gasteiger partial charge on any atom is -0.481 e. The summed E-state index contributed by atoms with van der Waals surface area (Å²) >= 11 is 5.94. The maximum Gasteiger partial charge on any atom is 0.265 e. The van der Waals surface area contributed by atoms with Crippen LogP contribution in [0.25, 0.3) is 0 Å². The molecule has 0 aliphatic rings. The zero-order valence-electron chi connectivity index (χ0n) is 13.9. The fourth-order valence-electron chi connectivity index (χ4n) is 2.47. The first kappa shape index (κ1) is 17.4. The Morgan fingerprint density at radius 1 is 1.13 bits per heavy atom. The number of aryl methyl sites for hydroxylation is 3. The molecule has 0 fully saturated rings. The highest BCUT2D eigenvalue weighted by Crippen LogP contribution is 2.22. The highest BCUT2D eigenvalue weighted by molar-refractivity contribution is 6.30. The van der Waals surface area contributed by atoms with Crippen LogP contribution in [0, 0.1) is 20.8 Å². The summed E-state index contributed by atoms with van der Waals surface area (Å²) < 4.78 is 5.88. The number of ether oxygens (including phenoxy) is 1. The zero-order chi connectivity index (χ0) is 17.0. The van der Waals surface area contributed by atoms with Crippen molar-refractivity contribution in [1.82, 2.24) is 0 Å². The van der Waals surface area contributed by atoms with Gasteiger partial charge in [0, 0.05) is 10.7 Å². The first-order valence-electron chi connectivity index (χ1n) is 7.71. The number of halogens is 1. The van der Waals surface area contributed by atoms with Crippen molar-refractivity contribution in [3.8, 4) is 5.75 Å². The third-order valence-electron chi connectivity index (χ3n) is 3.58. The van der Waals surface area contributed by atoms with E-state index in [1.807, 2.05) is 45.9 Å². The number of nitrogens with one attached hydrogen (secondary N) is 1. The van der Waals surface area contributed by atoms with Crippen molar-refractivity contribution in [2.75, 3.05) is 5.32 Å². The maximum atomic E-state index is 12.5. The number of benzene rings is 2. The molecule has 1 atom stereocenters. The Balaban J connectivity index is 2.12. The average molecular weight is 332 g/mol. The lowest BCUT2D eigenvalue weighted by molar-refractivity contribution is -0.122. The van der Waals surface area contributed by atoms with E-state index in [0.717, 1.165) is 28.1 Å². The smallest absolute Gasteiger partial charge is 0.265 e. The fraction of sp³-hybridized carbons (Fsp3) is 0.316. The molecule has 0 spiro atoms. The normalized spacial score (nSPS) is 11.9. The molecule has 0 radical (unpaired) electrons. The Morgan fingerprint density at radius 2 is 1.78 bits per heavy atom. The minimum atomic E-state index is -0.536. The first-order chi connectivity index (χ1) is 10.9. The van der Waals surface area contributed by atoms with Gasteiger partial charge in [0.15, 0.2) is 6.10 Å². The number of anilines is 1. The van der Waals surface area contributed by atoms with Gasteiger partial charge < -0.3 is 10.1 Å². The lowest BCUT2D eigenvalue weighted by Gasteiger charge is -2.19. The predicted molar refractivity (Wildman–Crippen MR) is 95.4 cm³/mol. The quantitative estimate of drug-likeness (QED) is 0.831. The molecule has 0 aliphatic heterocycles. The number of carbonyl (C=O) groups excluding carboxylic acids is 1. The molecule has 1 unspecified atom stereocenters. The van der Waals surface area contributed by atoms with Crippen LogP contribution in [0.2, 0.25) is 5.02 Å². The molecule has 23 heavy (non-hydrogen) atoms. The van der Waals surface area contributed by atoms with E-state index in [4.69, 9.17) is 16.3 Å². The summed E-state index contributed by atoms with van der Waals surface area (Å²) in [4.78, 5) is 12.5. The van der Waals surface area contributed by atoms with Gasteiger partial charge in [0.25, 0.3) is 5.91 Å². The number of hydrogen-bond donors (Lipinski definition) is 1. The highest BCUT2D eigenvalue weighted by atomic mass is 35.5. The molecule has 2 rings (SSSR count). The van der Waals surface area contributed by atoms with Crippen molar-refractivity contribution in [2.45, 2.75) is 40.2 Å². The summed E-state index contributed by atoms with van der Waals surface area (Å²) in [5.41, 5.74) is 3.90. The van der Waals surface area contributed by atoms with Crippen LogP contribution in [-0.4, -0.2) is 12.0 Å². The van der Waals surface area contributed by atoms with E-state index in [9.17, 15) is 4.79 Å². The molecule has 2 aromatic carbocycles. The molecule has 2 aromatic rings. The van der Waals surface area contributed by atoms with Crippen LogP contribution in [0.1, 0.15) is 30.0 Å². The molecular weight excluding hydrogens is 310 g/mol. The second-order valence-corrected chi connectivity index (χ2v) is 6.22. The van der Waals surface area contributed by atoms with E-state index >= 15 is 0 Å². The van der Waals surface area contributed by atoms with Gasteiger partial charge in [0.1, 0.15) is 5.75 Å². The Morgan fingerprint density at radius 3 is 2.35 bits per heavy atom. The van der Waals surface area contributed by atoms with E-state index in [1.165, 1.54) is 0 Å². The summed E-state index contributed by atoms with van der Waals surface area (Å²) in [5.74, 6) is 0.564. The van der Waals surface area contributed by atoms with Gasteiger partial charge in [-0.05, 0) is 74.2 Å². The molecule has 0 bridgehead atoms. The Bertz CT molecular complexity index is 692. The molecular formula is C19H22ClNO2. The molecule has 1 N–H and O–H groups in total. The van der Waals surface area contributed by atoms with Gasteiger partial charge >= 0.3 is 0 Å². The van der Waals surface area contributed by atoms with E-state index in [-0.39, 0.29) is 5.91 Å². The maximum absolute atomic E-state index is 12.5. The molecule has 0 heterocycles. The van der Waals surface area contributed by atoms with Gasteiger partial charge in [0.05, 0.1) is 0 Å². The minimum absolute atomic E-state index is 0.155. The summed E-state index contributed by atoms with van der Waals surface area (Å²) in [7, 11) is 0. The summed E-state index contributed by atoms with van der Waals surface area (Å²) in [6, 6.07) is 11.3. The topological polar surface area (TPSA) is 38.3 Å². The van der Waals surface area contributed by atoms with Gasteiger partial charge in [-0.25, -0.2) is 0 Å². The van der Waals surface area contributed by atoms with Crippen molar-refractivity contribution in [2.24, 2.45) is 0 Å². The van der Waals surface area contributed by atoms with Gasteiger partial charge in [-0.1, -0.05) is 24.6 Å².